The number of amides is 1. The molecule has 0 aromatic heterocycles. The van der Waals surface area contributed by atoms with Crippen LogP contribution in [0.5, 0.6) is 5.75 Å². The van der Waals surface area contributed by atoms with Gasteiger partial charge >= 0.3 is 0 Å². The normalized spacial score (nSPS) is 12.0. The summed E-state index contributed by atoms with van der Waals surface area (Å²) in [7, 11) is 0. The summed E-state index contributed by atoms with van der Waals surface area (Å²) in [5.41, 5.74) is 2.64. The third kappa shape index (κ3) is 6.43. The fraction of sp³-hybridized carbons (Fsp3) is 0.381. The zero-order valence-electron chi connectivity index (χ0n) is 15.1. The highest BCUT2D eigenvalue weighted by atomic mass is 35.5. The van der Waals surface area contributed by atoms with Crippen LogP contribution in [-0.4, -0.2) is 18.6 Å². The molecule has 0 heterocycles. The van der Waals surface area contributed by atoms with Crippen LogP contribution in [0.3, 0.4) is 0 Å². The van der Waals surface area contributed by atoms with Gasteiger partial charge in [-0.25, -0.2) is 0 Å². The van der Waals surface area contributed by atoms with Crippen molar-refractivity contribution in [3.63, 3.8) is 0 Å². The van der Waals surface area contributed by atoms with Crippen molar-refractivity contribution in [3.8, 4) is 5.75 Å². The molecule has 134 valence electrons. The van der Waals surface area contributed by atoms with Crippen molar-refractivity contribution in [3.05, 3.63) is 64.7 Å². The second kappa shape index (κ2) is 9.47. The molecule has 0 saturated carbocycles. The van der Waals surface area contributed by atoms with Crippen molar-refractivity contribution in [1.29, 1.82) is 0 Å². The number of benzene rings is 2. The Labute approximate surface area is 155 Å². The fourth-order valence-electron chi connectivity index (χ4n) is 2.51. The van der Waals surface area contributed by atoms with E-state index in [1.807, 2.05) is 0 Å². The molecule has 1 atom stereocenters. The van der Waals surface area contributed by atoms with Crippen LogP contribution in [0, 0.1) is 0 Å². The van der Waals surface area contributed by atoms with Gasteiger partial charge in [-0.1, -0.05) is 55.8 Å². The van der Waals surface area contributed by atoms with E-state index in [1.54, 1.807) is 31.2 Å². The van der Waals surface area contributed by atoms with Crippen LogP contribution in [0.25, 0.3) is 0 Å². The number of hydrogen-bond acceptors (Lipinski definition) is 2. The topological polar surface area (TPSA) is 38.3 Å². The summed E-state index contributed by atoms with van der Waals surface area (Å²) in [6, 6.07) is 15.8. The van der Waals surface area contributed by atoms with Gasteiger partial charge in [0.05, 0.1) is 0 Å². The maximum Gasteiger partial charge on any atom is 0.260 e. The average molecular weight is 360 g/mol. The molecule has 0 fully saturated rings. The molecule has 4 heteroatoms. The van der Waals surface area contributed by atoms with Crippen LogP contribution in [0.15, 0.2) is 48.5 Å². The molecule has 0 spiro atoms. The number of halogens is 1. The molecule has 2 aromatic rings. The molecular weight excluding hydrogens is 334 g/mol. The highest BCUT2D eigenvalue weighted by molar-refractivity contribution is 6.30. The highest BCUT2D eigenvalue weighted by Gasteiger charge is 2.14. The van der Waals surface area contributed by atoms with Gasteiger partial charge in [-0.15, -0.1) is 0 Å². The van der Waals surface area contributed by atoms with E-state index in [0.717, 1.165) is 12.8 Å². The number of ether oxygens (including phenoxy) is 1. The Morgan fingerprint density at radius 2 is 1.84 bits per heavy atom. The average Bonchev–Trinajstić information content (AvgIpc) is 2.59. The monoisotopic (exact) mass is 359 g/mol. The van der Waals surface area contributed by atoms with Crippen LogP contribution in [-0.2, 0) is 11.2 Å². The molecule has 0 aliphatic heterocycles. The summed E-state index contributed by atoms with van der Waals surface area (Å²) in [6.07, 6.45) is 1.29. The second-order valence-corrected chi connectivity index (χ2v) is 6.94. The lowest BCUT2D eigenvalue weighted by molar-refractivity contribution is -0.127. The molecule has 3 nitrogen and oxygen atoms in total. The van der Waals surface area contributed by atoms with Gasteiger partial charge in [-0.05, 0) is 55.0 Å². The van der Waals surface area contributed by atoms with E-state index in [1.165, 1.54) is 11.1 Å². The third-order valence-corrected chi connectivity index (χ3v) is 4.30. The lowest BCUT2D eigenvalue weighted by Gasteiger charge is -2.15. The SMILES string of the molecule is CC(C)c1ccc(CCCNC(=O)[C@@H](C)Oc2cccc(Cl)c2)cc1. The Morgan fingerprint density at radius 1 is 1.12 bits per heavy atom. The first kappa shape index (κ1) is 19.3. The van der Waals surface area contributed by atoms with E-state index < -0.39 is 6.10 Å². The summed E-state index contributed by atoms with van der Waals surface area (Å²) in [4.78, 5) is 12.1. The van der Waals surface area contributed by atoms with Gasteiger partial charge in [0.15, 0.2) is 6.10 Å². The van der Waals surface area contributed by atoms with E-state index in [-0.39, 0.29) is 5.91 Å². The Morgan fingerprint density at radius 3 is 2.48 bits per heavy atom. The summed E-state index contributed by atoms with van der Waals surface area (Å²) in [5.74, 6) is 1.03. The number of rotatable bonds is 8. The van der Waals surface area contributed by atoms with Crippen molar-refractivity contribution in [2.45, 2.75) is 45.6 Å². The number of carbonyl (C=O) groups is 1. The van der Waals surface area contributed by atoms with E-state index in [9.17, 15) is 4.79 Å². The molecule has 2 aromatic carbocycles. The summed E-state index contributed by atoms with van der Waals surface area (Å²) in [6.45, 7) is 6.75. The van der Waals surface area contributed by atoms with Crippen LogP contribution >= 0.6 is 11.6 Å². The summed E-state index contributed by atoms with van der Waals surface area (Å²) in [5, 5.41) is 3.51. The smallest absolute Gasteiger partial charge is 0.260 e. The minimum Gasteiger partial charge on any atom is -0.481 e. The van der Waals surface area contributed by atoms with Gasteiger partial charge in [0.25, 0.3) is 5.91 Å². The van der Waals surface area contributed by atoms with Crippen molar-refractivity contribution >= 4 is 17.5 Å². The van der Waals surface area contributed by atoms with Crippen LogP contribution in [0.2, 0.25) is 5.02 Å². The Bertz CT molecular complexity index is 683. The fourth-order valence-corrected chi connectivity index (χ4v) is 2.70. The standard InChI is InChI=1S/C21H26ClNO2/c1-15(2)18-11-9-17(10-12-18)6-5-13-23-21(24)16(3)25-20-8-4-7-19(22)14-20/h4,7-12,14-16H,5-6,13H2,1-3H3,(H,23,24)/t16-/m1/s1. The molecule has 0 saturated heterocycles. The number of aryl methyl sites for hydroxylation is 1. The molecule has 2 rings (SSSR count). The molecule has 0 radical (unpaired) electrons. The summed E-state index contributed by atoms with van der Waals surface area (Å²) >= 11 is 5.91. The Balaban J connectivity index is 1.71. The van der Waals surface area contributed by atoms with Crippen molar-refractivity contribution in [2.75, 3.05) is 6.54 Å². The van der Waals surface area contributed by atoms with Crippen LogP contribution in [0.4, 0.5) is 0 Å². The van der Waals surface area contributed by atoms with Gasteiger partial charge < -0.3 is 10.1 Å². The predicted octanol–water partition coefficient (Wildman–Crippen LogP) is 4.98. The molecule has 25 heavy (non-hydrogen) atoms. The highest BCUT2D eigenvalue weighted by Crippen LogP contribution is 2.18. The first-order valence-electron chi connectivity index (χ1n) is 8.74. The zero-order valence-corrected chi connectivity index (χ0v) is 15.8. The largest absolute Gasteiger partial charge is 0.481 e. The second-order valence-electron chi connectivity index (χ2n) is 6.51. The zero-order chi connectivity index (χ0) is 18.2. The third-order valence-electron chi connectivity index (χ3n) is 4.07. The van der Waals surface area contributed by atoms with Gasteiger partial charge in [-0.2, -0.15) is 0 Å². The van der Waals surface area contributed by atoms with Crippen molar-refractivity contribution < 1.29 is 9.53 Å². The molecule has 0 unspecified atom stereocenters. The van der Waals surface area contributed by atoms with Crippen LogP contribution < -0.4 is 10.1 Å². The van der Waals surface area contributed by atoms with Gasteiger partial charge in [0.1, 0.15) is 5.75 Å². The predicted molar refractivity (Wildman–Crippen MR) is 103 cm³/mol. The summed E-state index contributed by atoms with van der Waals surface area (Å²) < 4.78 is 5.61. The Hall–Kier alpha value is -2.00. The maximum atomic E-state index is 12.1. The van der Waals surface area contributed by atoms with Gasteiger partial charge in [0, 0.05) is 11.6 Å². The molecule has 0 aliphatic carbocycles. The van der Waals surface area contributed by atoms with Crippen molar-refractivity contribution in [1.82, 2.24) is 5.32 Å². The molecular formula is C21H26ClNO2. The van der Waals surface area contributed by atoms with E-state index in [0.29, 0.717) is 23.2 Å². The number of hydrogen-bond donors (Lipinski definition) is 1. The van der Waals surface area contributed by atoms with Crippen LogP contribution in [0.1, 0.15) is 44.2 Å². The van der Waals surface area contributed by atoms with E-state index in [4.69, 9.17) is 16.3 Å². The molecule has 1 amide bonds. The van der Waals surface area contributed by atoms with Gasteiger partial charge in [0.2, 0.25) is 0 Å². The molecule has 0 aliphatic rings. The first-order valence-corrected chi connectivity index (χ1v) is 9.12. The number of carbonyl (C=O) groups excluding carboxylic acids is 1. The van der Waals surface area contributed by atoms with Crippen molar-refractivity contribution in [2.24, 2.45) is 0 Å². The molecule has 1 N–H and O–H groups in total. The minimum absolute atomic E-state index is 0.116. The quantitative estimate of drug-likeness (QED) is 0.675. The lowest BCUT2D eigenvalue weighted by atomic mass is 10.0. The maximum absolute atomic E-state index is 12.1. The molecule has 0 bridgehead atoms. The minimum atomic E-state index is -0.552. The van der Waals surface area contributed by atoms with E-state index >= 15 is 0 Å². The van der Waals surface area contributed by atoms with Gasteiger partial charge in [-0.3, -0.25) is 4.79 Å². The lowest BCUT2D eigenvalue weighted by Crippen LogP contribution is -2.36. The number of nitrogens with one attached hydrogen (secondary N) is 1. The first-order chi connectivity index (χ1) is 12.0. The Kier molecular flexibility index (Phi) is 7.32. The van der Waals surface area contributed by atoms with E-state index in [2.05, 4.69) is 43.4 Å².